The first kappa shape index (κ1) is 14.0. The smallest absolute Gasteiger partial charge is 0.114 e. The molecule has 0 radical (unpaired) electrons. The summed E-state index contributed by atoms with van der Waals surface area (Å²) in [6.07, 6.45) is 6.45. The first-order valence-electron chi connectivity index (χ1n) is 6.68. The van der Waals surface area contributed by atoms with Gasteiger partial charge in [-0.25, -0.2) is 0 Å². The van der Waals surface area contributed by atoms with Gasteiger partial charge in [-0.05, 0) is 51.0 Å². The molecule has 2 N–H and O–H groups in total. The van der Waals surface area contributed by atoms with Gasteiger partial charge in [-0.15, -0.1) is 11.8 Å². The predicted molar refractivity (Wildman–Crippen MR) is 75.0 cm³/mol. The summed E-state index contributed by atoms with van der Waals surface area (Å²) in [5, 5.41) is 13.0. The van der Waals surface area contributed by atoms with Gasteiger partial charge in [0.2, 0.25) is 0 Å². The van der Waals surface area contributed by atoms with E-state index in [-0.39, 0.29) is 12.1 Å². The Labute approximate surface area is 113 Å². The van der Waals surface area contributed by atoms with Crippen LogP contribution in [0.1, 0.15) is 31.4 Å². The summed E-state index contributed by atoms with van der Waals surface area (Å²) in [4.78, 5) is 1.24. The van der Waals surface area contributed by atoms with Gasteiger partial charge in [0.05, 0.1) is 12.9 Å². The zero-order valence-corrected chi connectivity index (χ0v) is 12.1. The molecule has 3 nitrogen and oxygen atoms in total. The molecule has 1 aromatic heterocycles. The monoisotopic (exact) mass is 269 g/mol. The largest absolute Gasteiger partial charge is 0.468 e. The van der Waals surface area contributed by atoms with Crippen molar-refractivity contribution in [2.75, 3.05) is 19.4 Å². The Morgan fingerprint density at radius 2 is 2.44 bits per heavy atom. The van der Waals surface area contributed by atoms with Gasteiger partial charge in [0, 0.05) is 10.4 Å². The van der Waals surface area contributed by atoms with Crippen molar-refractivity contribution in [2.24, 2.45) is 5.92 Å². The SMILES string of the molecule is CNC1(CO)CCCC1CCSc1ccoc1C. The minimum atomic E-state index is -0.0357. The maximum Gasteiger partial charge on any atom is 0.114 e. The van der Waals surface area contributed by atoms with Gasteiger partial charge in [-0.3, -0.25) is 0 Å². The number of nitrogens with one attached hydrogen (secondary N) is 1. The molecule has 1 heterocycles. The Balaban J connectivity index is 1.85. The van der Waals surface area contributed by atoms with Crippen molar-refractivity contribution in [1.29, 1.82) is 0 Å². The van der Waals surface area contributed by atoms with E-state index in [9.17, 15) is 5.11 Å². The van der Waals surface area contributed by atoms with Crippen molar-refractivity contribution >= 4 is 11.8 Å². The summed E-state index contributed by atoms with van der Waals surface area (Å²) in [5.74, 6) is 2.69. The molecular weight excluding hydrogens is 246 g/mol. The third kappa shape index (κ3) is 2.76. The maximum absolute atomic E-state index is 9.63. The number of thioether (sulfide) groups is 1. The number of hydrogen-bond donors (Lipinski definition) is 2. The fourth-order valence-corrected chi connectivity index (χ4v) is 4.04. The van der Waals surface area contributed by atoms with Gasteiger partial charge >= 0.3 is 0 Å². The van der Waals surface area contributed by atoms with Crippen LogP contribution in [0.2, 0.25) is 0 Å². The quantitative estimate of drug-likeness (QED) is 0.780. The Hall–Kier alpha value is -0.450. The zero-order chi connectivity index (χ0) is 13.0. The predicted octanol–water partition coefficient (Wildman–Crippen LogP) is 2.82. The van der Waals surface area contributed by atoms with E-state index in [1.807, 2.05) is 31.8 Å². The van der Waals surface area contributed by atoms with Gasteiger partial charge in [0.1, 0.15) is 5.76 Å². The molecule has 0 bridgehead atoms. The van der Waals surface area contributed by atoms with E-state index in [4.69, 9.17) is 4.42 Å². The van der Waals surface area contributed by atoms with Crippen LogP contribution < -0.4 is 5.32 Å². The first-order chi connectivity index (χ1) is 8.72. The highest BCUT2D eigenvalue weighted by Gasteiger charge is 2.40. The average molecular weight is 269 g/mol. The Bertz CT molecular complexity index is 374. The molecule has 2 atom stereocenters. The highest BCUT2D eigenvalue weighted by atomic mass is 32.2. The van der Waals surface area contributed by atoms with Crippen LogP contribution >= 0.6 is 11.8 Å². The fourth-order valence-electron chi connectivity index (χ4n) is 3.02. The van der Waals surface area contributed by atoms with Crippen molar-refractivity contribution in [3.63, 3.8) is 0 Å². The minimum absolute atomic E-state index is 0.0357. The number of furan rings is 1. The number of likely N-dealkylation sites (N-methyl/N-ethyl adjacent to an activating group) is 1. The molecule has 0 spiro atoms. The lowest BCUT2D eigenvalue weighted by atomic mass is 9.86. The molecule has 1 fully saturated rings. The number of rotatable bonds is 6. The molecule has 1 saturated carbocycles. The summed E-state index contributed by atoms with van der Waals surface area (Å²) in [6.45, 7) is 2.26. The molecule has 2 rings (SSSR count). The van der Waals surface area contributed by atoms with Crippen molar-refractivity contribution in [3.05, 3.63) is 18.1 Å². The number of hydrogen-bond acceptors (Lipinski definition) is 4. The molecule has 2 unspecified atom stereocenters. The molecule has 0 aliphatic heterocycles. The molecular formula is C14H23NO2S. The lowest BCUT2D eigenvalue weighted by Gasteiger charge is -2.33. The van der Waals surface area contributed by atoms with E-state index in [2.05, 4.69) is 5.32 Å². The molecule has 0 aromatic carbocycles. The third-order valence-corrected chi connectivity index (χ3v) is 5.45. The highest BCUT2D eigenvalue weighted by Crippen LogP contribution is 2.38. The van der Waals surface area contributed by atoms with E-state index < -0.39 is 0 Å². The average Bonchev–Trinajstić information content (AvgIpc) is 2.97. The summed E-state index contributed by atoms with van der Waals surface area (Å²) < 4.78 is 5.30. The molecule has 18 heavy (non-hydrogen) atoms. The molecule has 102 valence electrons. The summed E-state index contributed by atoms with van der Waals surface area (Å²) in [7, 11) is 1.97. The zero-order valence-electron chi connectivity index (χ0n) is 11.2. The minimum Gasteiger partial charge on any atom is -0.468 e. The van der Waals surface area contributed by atoms with E-state index in [1.54, 1.807) is 6.26 Å². The first-order valence-corrected chi connectivity index (χ1v) is 7.67. The van der Waals surface area contributed by atoms with Gasteiger partial charge in [0.15, 0.2) is 0 Å². The van der Waals surface area contributed by atoms with Crippen molar-refractivity contribution in [2.45, 2.75) is 43.0 Å². The van der Waals surface area contributed by atoms with Crippen LogP contribution in [0.25, 0.3) is 0 Å². The second-order valence-electron chi connectivity index (χ2n) is 5.13. The van der Waals surface area contributed by atoms with E-state index in [0.29, 0.717) is 5.92 Å². The summed E-state index contributed by atoms with van der Waals surface area (Å²) in [6, 6.07) is 2.03. The van der Waals surface area contributed by atoms with Crippen LogP contribution in [0.15, 0.2) is 21.6 Å². The van der Waals surface area contributed by atoms with Gasteiger partial charge < -0.3 is 14.8 Å². The second kappa shape index (κ2) is 6.13. The molecule has 1 aromatic rings. The van der Waals surface area contributed by atoms with E-state index in [1.165, 1.54) is 17.7 Å². The maximum atomic E-state index is 9.63. The number of aryl methyl sites for hydroxylation is 1. The van der Waals surface area contributed by atoms with Crippen LogP contribution in [0, 0.1) is 12.8 Å². The van der Waals surface area contributed by atoms with Crippen molar-refractivity contribution in [1.82, 2.24) is 5.32 Å². The summed E-state index contributed by atoms with van der Waals surface area (Å²) >= 11 is 1.86. The Kier molecular flexibility index (Phi) is 4.76. The summed E-state index contributed by atoms with van der Waals surface area (Å²) in [5.41, 5.74) is -0.0357. The van der Waals surface area contributed by atoms with Crippen LogP contribution in [0.5, 0.6) is 0 Å². The molecule has 4 heteroatoms. The molecule has 0 saturated heterocycles. The van der Waals surface area contributed by atoms with Crippen LogP contribution in [0.3, 0.4) is 0 Å². The lowest BCUT2D eigenvalue weighted by Crippen LogP contribution is -2.49. The fraction of sp³-hybridized carbons (Fsp3) is 0.714. The Morgan fingerprint density at radius 1 is 1.61 bits per heavy atom. The topological polar surface area (TPSA) is 45.4 Å². The lowest BCUT2D eigenvalue weighted by molar-refractivity contribution is 0.130. The Morgan fingerprint density at radius 3 is 3.06 bits per heavy atom. The molecule has 1 aliphatic carbocycles. The van der Waals surface area contributed by atoms with Crippen molar-refractivity contribution in [3.8, 4) is 0 Å². The normalized spacial score (nSPS) is 27.8. The van der Waals surface area contributed by atoms with Gasteiger partial charge in [0.25, 0.3) is 0 Å². The number of aliphatic hydroxyl groups is 1. The van der Waals surface area contributed by atoms with E-state index in [0.717, 1.165) is 24.4 Å². The third-order valence-electron chi connectivity index (χ3n) is 4.27. The second-order valence-corrected chi connectivity index (χ2v) is 6.27. The van der Waals surface area contributed by atoms with Crippen LogP contribution in [0.4, 0.5) is 0 Å². The van der Waals surface area contributed by atoms with Crippen LogP contribution in [-0.4, -0.2) is 30.1 Å². The molecule has 1 aliphatic rings. The van der Waals surface area contributed by atoms with Gasteiger partial charge in [-0.1, -0.05) is 6.42 Å². The molecule has 0 amide bonds. The highest BCUT2D eigenvalue weighted by molar-refractivity contribution is 7.99. The van der Waals surface area contributed by atoms with Crippen molar-refractivity contribution < 1.29 is 9.52 Å². The van der Waals surface area contributed by atoms with Crippen LogP contribution in [-0.2, 0) is 0 Å². The number of aliphatic hydroxyl groups excluding tert-OH is 1. The van der Waals surface area contributed by atoms with E-state index >= 15 is 0 Å². The van der Waals surface area contributed by atoms with Gasteiger partial charge in [-0.2, -0.15) is 0 Å². The standard InChI is InChI=1S/C14H23NO2S/c1-11-13(5-8-17-11)18-9-6-12-4-3-7-14(12,10-16)15-2/h5,8,12,15-16H,3-4,6-7,9-10H2,1-2H3.